The Hall–Kier alpha value is -0.740. The maximum atomic E-state index is 11.7. The number of carbonyl (C=O) groups excluding carboxylic acids is 1. The molecule has 0 aromatic heterocycles. The SMILES string of the molecule is CC1CCC(Nc2ccc(Cl)c(Br)c2)(C(N)=O)C1. The molecule has 0 radical (unpaired) electrons. The van der Waals surface area contributed by atoms with Gasteiger partial charge in [-0.2, -0.15) is 0 Å². The fourth-order valence-corrected chi connectivity index (χ4v) is 3.04. The van der Waals surface area contributed by atoms with Crippen LogP contribution in [0.25, 0.3) is 0 Å². The van der Waals surface area contributed by atoms with Crippen molar-refractivity contribution in [2.24, 2.45) is 11.7 Å². The Morgan fingerprint density at radius 2 is 2.33 bits per heavy atom. The lowest BCUT2D eigenvalue weighted by Crippen LogP contribution is -2.48. The molecule has 1 aromatic rings. The monoisotopic (exact) mass is 330 g/mol. The van der Waals surface area contributed by atoms with E-state index in [1.807, 2.05) is 12.1 Å². The van der Waals surface area contributed by atoms with Crippen molar-refractivity contribution in [2.45, 2.75) is 31.7 Å². The molecule has 1 saturated carbocycles. The summed E-state index contributed by atoms with van der Waals surface area (Å²) in [5.41, 5.74) is 5.81. The van der Waals surface area contributed by atoms with Crippen LogP contribution < -0.4 is 11.1 Å². The van der Waals surface area contributed by atoms with Gasteiger partial charge in [-0.25, -0.2) is 0 Å². The molecule has 0 saturated heterocycles. The summed E-state index contributed by atoms with van der Waals surface area (Å²) in [6.07, 6.45) is 2.58. The van der Waals surface area contributed by atoms with E-state index in [9.17, 15) is 4.79 Å². The number of hydrogen-bond acceptors (Lipinski definition) is 2. The Balaban J connectivity index is 2.24. The van der Waals surface area contributed by atoms with Crippen molar-refractivity contribution < 1.29 is 4.79 Å². The molecule has 1 aliphatic carbocycles. The molecule has 2 unspecified atom stereocenters. The molecule has 1 aliphatic rings. The lowest BCUT2D eigenvalue weighted by molar-refractivity contribution is -0.122. The number of primary amides is 1. The summed E-state index contributed by atoms with van der Waals surface area (Å²) < 4.78 is 0.805. The number of anilines is 1. The zero-order valence-electron chi connectivity index (χ0n) is 10.2. The van der Waals surface area contributed by atoms with Gasteiger partial charge in [-0.05, 0) is 59.3 Å². The van der Waals surface area contributed by atoms with Gasteiger partial charge in [0.05, 0.1) is 5.02 Å². The molecule has 1 aromatic carbocycles. The molecule has 1 amide bonds. The van der Waals surface area contributed by atoms with E-state index in [0.29, 0.717) is 10.9 Å². The van der Waals surface area contributed by atoms with Gasteiger partial charge in [-0.15, -0.1) is 0 Å². The van der Waals surface area contributed by atoms with Gasteiger partial charge in [-0.3, -0.25) is 4.79 Å². The zero-order valence-corrected chi connectivity index (χ0v) is 12.5. The summed E-state index contributed by atoms with van der Waals surface area (Å²) in [6.45, 7) is 2.14. The Bertz CT molecular complexity index is 480. The summed E-state index contributed by atoms with van der Waals surface area (Å²) in [6, 6.07) is 5.53. The van der Waals surface area contributed by atoms with Crippen LogP contribution in [0.3, 0.4) is 0 Å². The van der Waals surface area contributed by atoms with E-state index in [1.165, 1.54) is 0 Å². The minimum Gasteiger partial charge on any atom is -0.371 e. The van der Waals surface area contributed by atoms with E-state index < -0.39 is 5.54 Å². The standard InChI is InChI=1S/C13H16BrClN2O/c1-8-4-5-13(7-8,12(16)18)17-9-2-3-11(15)10(14)6-9/h2-3,6,8,17H,4-5,7H2,1H3,(H2,16,18). The van der Waals surface area contributed by atoms with E-state index in [-0.39, 0.29) is 5.91 Å². The van der Waals surface area contributed by atoms with Crippen LogP contribution in [-0.2, 0) is 4.79 Å². The fourth-order valence-electron chi connectivity index (χ4n) is 2.54. The zero-order chi connectivity index (χ0) is 13.3. The molecule has 98 valence electrons. The van der Waals surface area contributed by atoms with Crippen LogP contribution in [0.15, 0.2) is 22.7 Å². The van der Waals surface area contributed by atoms with Gasteiger partial charge in [0.25, 0.3) is 0 Å². The molecule has 18 heavy (non-hydrogen) atoms. The summed E-state index contributed by atoms with van der Waals surface area (Å²) >= 11 is 9.33. The average Bonchev–Trinajstić information content (AvgIpc) is 2.67. The minimum absolute atomic E-state index is 0.280. The average molecular weight is 332 g/mol. The van der Waals surface area contributed by atoms with E-state index in [4.69, 9.17) is 17.3 Å². The Morgan fingerprint density at radius 1 is 1.61 bits per heavy atom. The number of hydrogen-bond donors (Lipinski definition) is 2. The highest BCUT2D eigenvalue weighted by Gasteiger charge is 2.42. The first-order valence-electron chi connectivity index (χ1n) is 5.96. The van der Waals surface area contributed by atoms with E-state index in [2.05, 4.69) is 28.2 Å². The van der Waals surface area contributed by atoms with Crippen molar-refractivity contribution >= 4 is 39.1 Å². The third-order valence-corrected chi connectivity index (χ3v) is 4.75. The van der Waals surface area contributed by atoms with Gasteiger partial charge in [0.1, 0.15) is 5.54 Å². The Morgan fingerprint density at radius 3 is 2.83 bits per heavy atom. The van der Waals surface area contributed by atoms with Gasteiger partial charge in [0, 0.05) is 10.2 Å². The Kier molecular flexibility index (Phi) is 3.87. The predicted octanol–water partition coefficient (Wildman–Crippen LogP) is 3.56. The third-order valence-electron chi connectivity index (χ3n) is 3.54. The number of amides is 1. The quantitative estimate of drug-likeness (QED) is 0.890. The molecular weight excluding hydrogens is 316 g/mol. The maximum Gasteiger partial charge on any atom is 0.243 e. The molecule has 2 rings (SSSR count). The smallest absolute Gasteiger partial charge is 0.243 e. The lowest BCUT2D eigenvalue weighted by atomic mass is 9.95. The van der Waals surface area contributed by atoms with E-state index in [0.717, 1.165) is 29.4 Å². The van der Waals surface area contributed by atoms with Crippen LogP contribution in [0.5, 0.6) is 0 Å². The first-order valence-corrected chi connectivity index (χ1v) is 7.13. The predicted molar refractivity (Wildman–Crippen MR) is 77.7 cm³/mol. The molecule has 3 nitrogen and oxygen atoms in total. The lowest BCUT2D eigenvalue weighted by Gasteiger charge is -2.28. The van der Waals surface area contributed by atoms with Crippen molar-refractivity contribution in [3.8, 4) is 0 Å². The highest BCUT2D eigenvalue weighted by molar-refractivity contribution is 9.10. The summed E-state index contributed by atoms with van der Waals surface area (Å²) in [7, 11) is 0. The third kappa shape index (κ3) is 2.64. The van der Waals surface area contributed by atoms with Crippen LogP contribution in [0.4, 0.5) is 5.69 Å². The van der Waals surface area contributed by atoms with Gasteiger partial charge in [0.15, 0.2) is 0 Å². The second-order valence-electron chi connectivity index (χ2n) is 5.05. The largest absolute Gasteiger partial charge is 0.371 e. The van der Waals surface area contributed by atoms with Gasteiger partial charge < -0.3 is 11.1 Å². The maximum absolute atomic E-state index is 11.7. The van der Waals surface area contributed by atoms with Crippen LogP contribution in [0.2, 0.25) is 5.02 Å². The highest BCUT2D eigenvalue weighted by atomic mass is 79.9. The molecule has 2 atom stereocenters. The van der Waals surface area contributed by atoms with Gasteiger partial charge >= 0.3 is 0 Å². The van der Waals surface area contributed by atoms with Crippen LogP contribution in [0.1, 0.15) is 26.2 Å². The van der Waals surface area contributed by atoms with Crippen LogP contribution in [0, 0.1) is 5.92 Å². The Labute approximate surface area is 120 Å². The minimum atomic E-state index is -0.618. The molecular formula is C13H16BrClN2O. The van der Waals surface area contributed by atoms with Crippen molar-refractivity contribution in [3.63, 3.8) is 0 Å². The first-order chi connectivity index (χ1) is 8.43. The number of nitrogens with two attached hydrogens (primary N) is 1. The summed E-state index contributed by atoms with van der Waals surface area (Å²) in [4.78, 5) is 11.7. The molecule has 0 heterocycles. The second kappa shape index (κ2) is 5.10. The molecule has 5 heteroatoms. The van der Waals surface area contributed by atoms with Gasteiger partial charge in [-0.1, -0.05) is 18.5 Å². The van der Waals surface area contributed by atoms with Crippen molar-refractivity contribution in [1.29, 1.82) is 0 Å². The van der Waals surface area contributed by atoms with E-state index in [1.54, 1.807) is 6.07 Å². The highest BCUT2D eigenvalue weighted by Crippen LogP contribution is 2.37. The molecule has 0 bridgehead atoms. The fraction of sp³-hybridized carbons (Fsp3) is 0.462. The topological polar surface area (TPSA) is 55.1 Å². The van der Waals surface area contributed by atoms with Crippen molar-refractivity contribution in [2.75, 3.05) is 5.32 Å². The molecule has 1 fully saturated rings. The van der Waals surface area contributed by atoms with E-state index >= 15 is 0 Å². The number of halogens is 2. The number of nitrogens with one attached hydrogen (secondary N) is 1. The molecule has 0 spiro atoms. The summed E-state index contributed by atoms with van der Waals surface area (Å²) in [5, 5.41) is 3.94. The van der Waals surface area contributed by atoms with Crippen molar-refractivity contribution in [1.82, 2.24) is 0 Å². The van der Waals surface area contributed by atoms with Crippen LogP contribution >= 0.6 is 27.5 Å². The number of carbonyl (C=O) groups is 1. The number of benzene rings is 1. The molecule has 3 N–H and O–H groups in total. The van der Waals surface area contributed by atoms with Crippen molar-refractivity contribution in [3.05, 3.63) is 27.7 Å². The van der Waals surface area contributed by atoms with Crippen LogP contribution in [-0.4, -0.2) is 11.4 Å². The second-order valence-corrected chi connectivity index (χ2v) is 6.31. The molecule has 0 aliphatic heterocycles. The summed E-state index contributed by atoms with van der Waals surface area (Å²) in [5.74, 6) is 0.235. The number of rotatable bonds is 3. The normalized spacial score (nSPS) is 27.2. The van der Waals surface area contributed by atoms with Gasteiger partial charge in [0.2, 0.25) is 5.91 Å². The first kappa shape index (κ1) is 13.7.